The maximum absolute atomic E-state index is 12.7. The van der Waals surface area contributed by atoms with E-state index < -0.39 is 0 Å². The molecule has 5 heteroatoms. The Morgan fingerprint density at radius 2 is 1.82 bits per heavy atom. The molecule has 0 aliphatic heterocycles. The van der Waals surface area contributed by atoms with E-state index in [1.807, 2.05) is 30.3 Å². The Hall–Kier alpha value is -3.21. The molecule has 0 unspecified atom stereocenters. The van der Waals surface area contributed by atoms with Crippen molar-refractivity contribution >= 4 is 16.7 Å². The third-order valence-electron chi connectivity index (χ3n) is 3.44. The lowest BCUT2D eigenvalue weighted by Crippen LogP contribution is -2.10. The van der Waals surface area contributed by atoms with Crippen LogP contribution in [0.2, 0.25) is 0 Å². The van der Waals surface area contributed by atoms with Crippen LogP contribution >= 0.6 is 0 Å². The minimum atomic E-state index is -0.200. The standard InChI is InChI=1S/C17H11N3O2/c21-16(15-7-3-10-22-15)14-11-12-5-1-2-6-13(12)20(14)17-18-8-4-9-19-17/h1-11H. The van der Waals surface area contributed by atoms with E-state index in [2.05, 4.69) is 9.97 Å². The topological polar surface area (TPSA) is 60.9 Å². The number of hydrogen-bond donors (Lipinski definition) is 0. The van der Waals surface area contributed by atoms with Crippen molar-refractivity contribution in [3.63, 3.8) is 0 Å². The molecule has 5 nitrogen and oxygen atoms in total. The number of rotatable bonds is 3. The average molecular weight is 289 g/mol. The molecule has 0 amide bonds. The number of benzene rings is 1. The van der Waals surface area contributed by atoms with E-state index in [0.29, 0.717) is 17.4 Å². The van der Waals surface area contributed by atoms with Gasteiger partial charge in [-0.15, -0.1) is 0 Å². The van der Waals surface area contributed by atoms with Gasteiger partial charge in [-0.05, 0) is 30.3 Å². The summed E-state index contributed by atoms with van der Waals surface area (Å²) in [6, 6.07) is 14.6. The number of nitrogens with zero attached hydrogens (tertiary/aromatic N) is 3. The van der Waals surface area contributed by atoms with E-state index in [-0.39, 0.29) is 5.78 Å². The summed E-state index contributed by atoms with van der Waals surface area (Å²) in [7, 11) is 0. The Balaban J connectivity index is 2.00. The van der Waals surface area contributed by atoms with Crippen molar-refractivity contribution in [1.29, 1.82) is 0 Å². The molecule has 1 aromatic carbocycles. The summed E-state index contributed by atoms with van der Waals surface area (Å²) < 4.78 is 6.98. The fourth-order valence-electron chi connectivity index (χ4n) is 2.48. The number of furan rings is 1. The maximum atomic E-state index is 12.7. The fraction of sp³-hybridized carbons (Fsp3) is 0. The smallest absolute Gasteiger partial charge is 0.244 e. The van der Waals surface area contributed by atoms with Crippen LogP contribution in [0, 0.1) is 0 Å². The molecule has 0 saturated heterocycles. The Morgan fingerprint density at radius 1 is 1.00 bits per heavy atom. The van der Waals surface area contributed by atoms with Gasteiger partial charge in [0.05, 0.1) is 11.8 Å². The predicted octanol–water partition coefficient (Wildman–Crippen LogP) is 3.24. The van der Waals surface area contributed by atoms with Crippen LogP contribution in [0.1, 0.15) is 16.2 Å². The maximum Gasteiger partial charge on any atom is 0.244 e. The molecule has 0 spiro atoms. The molecule has 4 rings (SSSR count). The van der Waals surface area contributed by atoms with Crippen LogP contribution in [0.3, 0.4) is 0 Å². The van der Waals surface area contributed by atoms with Crippen LogP contribution in [-0.4, -0.2) is 20.3 Å². The largest absolute Gasteiger partial charge is 0.461 e. The van der Waals surface area contributed by atoms with Crippen molar-refractivity contribution in [1.82, 2.24) is 14.5 Å². The highest BCUT2D eigenvalue weighted by atomic mass is 16.3. The number of carbonyl (C=O) groups is 1. The number of ketones is 1. The minimum absolute atomic E-state index is 0.200. The van der Waals surface area contributed by atoms with Gasteiger partial charge in [-0.25, -0.2) is 9.97 Å². The third-order valence-corrected chi connectivity index (χ3v) is 3.44. The molecule has 0 fully saturated rings. The van der Waals surface area contributed by atoms with E-state index >= 15 is 0 Å². The van der Waals surface area contributed by atoms with Gasteiger partial charge in [-0.3, -0.25) is 9.36 Å². The number of fused-ring (bicyclic) bond motifs is 1. The molecular weight excluding hydrogens is 278 g/mol. The summed E-state index contributed by atoms with van der Waals surface area (Å²) in [6.45, 7) is 0. The summed E-state index contributed by atoms with van der Waals surface area (Å²) in [5.74, 6) is 0.548. The van der Waals surface area contributed by atoms with Gasteiger partial charge in [0.15, 0.2) is 5.76 Å². The van der Waals surface area contributed by atoms with Crippen LogP contribution in [0.4, 0.5) is 0 Å². The van der Waals surface area contributed by atoms with Crippen molar-refractivity contribution < 1.29 is 9.21 Å². The quantitative estimate of drug-likeness (QED) is 0.543. The SMILES string of the molecule is O=C(c1ccco1)c1cc2ccccc2n1-c1ncccn1. The second-order valence-corrected chi connectivity index (χ2v) is 4.78. The zero-order chi connectivity index (χ0) is 14.9. The summed E-state index contributed by atoms with van der Waals surface area (Å²) in [6.07, 6.45) is 4.79. The summed E-state index contributed by atoms with van der Waals surface area (Å²) in [5, 5.41) is 0.949. The second-order valence-electron chi connectivity index (χ2n) is 4.78. The number of para-hydroxylation sites is 1. The van der Waals surface area contributed by atoms with Gasteiger partial charge >= 0.3 is 0 Å². The highest BCUT2D eigenvalue weighted by Crippen LogP contribution is 2.24. The van der Waals surface area contributed by atoms with Gasteiger partial charge in [-0.2, -0.15) is 0 Å². The van der Waals surface area contributed by atoms with Crippen molar-refractivity contribution in [3.05, 3.63) is 78.6 Å². The molecule has 0 N–H and O–H groups in total. The zero-order valence-electron chi connectivity index (χ0n) is 11.5. The lowest BCUT2D eigenvalue weighted by molar-refractivity contribution is 0.100. The van der Waals surface area contributed by atoms with Gasteiger partial charge in [-0.1, -0.05) is 18.2 Å². The van der Waals surface area contributed by atoms with Crippen LogP contribution in [-0.2, 0) is 0 Å². The Bertz CT molecular complexity index is 941. The molecule has 3 aromatic heterocycles. The van der Waals surface area contributed by atoms with Crippen molar-refractivity contribution in [2.45, 2.75) is 0 Å². The molecule has 0 radical (unpaired) electrons. The fourth-order valence-corrected chi connectivity index (χ4v) is 2.48. The average Bonchev–Trinajstić information content (AvgIpc) is 3.22. The molecule has 22 heavy (non-hydrogen) atoms. The molecule has 0 saturated carbocycles. The number of hydrogen-bond acceptors (Lipinski definition) is 4. The summed E-state index contributed by atoms with van der Waals surface area (Å²) >= 11 is 0. The van der Waals surface area contributed by atoms with Crippen LogP contribution in [0.25, 0.3) is 16.9 Å². The molecule has 4 aromatic rings. The highest BCUT2D eigenvalue weighted by molar-refractivity contribution is 6.09. The van der Waals surface area contributed by atoms with E-state index in [9.17, 15) is 4.79 Å². The molecule has 0 aliphatic carbocycles. The van der Waals surface area contributed by atoms with Gasteiger partial charge in [0.2, 0.25) is 11.7 Å². The van der Waals surface area contributed by atoms with Crippen LogP contribution in [0.5, 0.6) is 0 Å². The monoisotopic (exact) mass is 289 g/mol. The summed E-state index contributed by atoms with van der Waals surface area (Å²) in [4.78, 5) is 21.2. The molecule has 3 heterocycles. The van der Waals surface area contributed by atoms with Crippen molar-refractivity contribution in [3.8, 4) is 5.95 Å². The lowest BCUT2D eigenvalue weighted by Gasteiger charge is -2.06. The normalized spacial score (nSPS) is 10.9. The van der Waals surface area contributed by atoms with Gasteiger partial charge in [0.25, 0.3) is 0 Å². The van der Waals surface area contributed by atoms with E-state index in [1.54, 1.807) is 35.2 Å². The molecule has 106 valence electrons. The Kier molecular flexibility index (Phi) is 2.83. The van der Waals surface area contributed by atoms with E-state index in [0.717, 1.165) is 10.9 Å². The van der Waals surface area contributed by atoms with Crippen molar-refractivity contribution in [2.75, 3.05) is 0 Å². The predicted molar refractivity (Wildman–Crippen MR) is 81.0 cm³/mol. The van der Waals surface area contributed by atoms with Crippen LogP contribution < -0.4 is 0 Å². The van der Waals surface area contributed by atoms with Gasteiger partial charge in [0.1, 0.15) is 5.69 Å². The van der Waals surface area contributed by atoms with Gasteiger partial charge < -0.3 is 4.42 Å². The third kappa shape index (κ3) is 1.91. The van der Waals surface area contributed by atoms with Crippen molar-refractivity contribution in [2.24, 2.45) is 0 Å². The number of aromatic nitrogens is 3. The molecule has 0 aliphatic rings. The second kappa shape index (κ2) is 4.96. The summed E-state index contributed by atoms with van der Waals surface area (Å²) in [5.41, 5.74) is 1.35. The van der Waals surface area contributed by atoms with Gasteiger partial charge in [0, 0.05) is 17.8 Å². The zero-order valence-corrected chi connectivity index (χ0v) is 11.5. The minimum Gasteiger partial charge on any atom is -0.461 e. The first-order chi connectivity index (χ1) is 10.8. The molecular formula is C17H11N3O2. The van der Waals surface area contributed by atoms with Crippen LogP contribution in [0.15, 0.2) is 71.6 Å². The van der Waals surface area contributed by atoms with E-state index in [1.165, 1.54) is 6.26 Å². The first-order valence-electron chi connectivity index (χ1n) is 6.81. The highest BCUT2D eigenvalue weighted by Gasteiger charge is 2.21. The lowest BCUT2D eigenvalue weighted by atomic mass is 10.2. The number of carbonyl (C=O) groups excluding carboxylic acids is 1. The first kappa shape index (κ1) is 12.5. The first-order valence-corrected chi connectivity index (χ1v) is 6.81. The Labute approximate surface area is 125 Å². The molecule has 0 atom stereocenters. The Morgan fingerprint density at radius 3 is 2.59 bits per heavy atom. The molecule has 0 bridgehead atoms. The van der Waals surface area contributed by atoms with E-state index in [4.69, 9.17) is 4.42 Å².